The third-order valence-electron chi connectivity index (χ3n) is 4.29. The molecule has 3 atom stereocenters. The Hall–Kier alpha value is -0.520. The highest BCUT2D eigenvalue weighted by Gasteiger charge is 2.54. The van der Waals surface area contributed by atoms with Crippen molar-refractivity contribution in [2.24, 2.45) is 17.8 Å². The van der Waals surface area contributed by atoms with Crippen molar-refractivity contribution in [3.8, 4) is 0 Å². The van der Waals surface area contributed by atoms with Crippen molar-refractivity contribution in [1.82, 2.24) is 0 Å². The van der Waals surface area contributed by atoms with Crippen LogP contribution in [0.25, 0.3) is 0 Å². The van der Waals surface area contributed by atoms with Gasteiger partial charge in [0.25, 0.3) is 0 Å². The molecule has 2 fully saturated rings. The molecule has 0 saturated heterocycles. The second-order valence-corrected chi connectivity index (χ2v) is 4.55. The van der Waals surface area contributed by atoms with Crippen LogP contribution in [0.5, 0.6) is 0 Å². The minimum atomic E-state index is 1.04. The van der Waals surface area contributed by atoms with Gasteiger partial charge in [-0.25, -0.2) is 0 Å². The van der Waals surface area contributed by atoms with Gasteiger partial charge >= 0.3 is 0 Å². The van der Waals surface area contributed by atoms with Crippen LogP contribution in [0.4, 0.5) is 0 Å². The molecular weight excluding hydrogens is 132 g/mol. The summed E-state index contributed by atoms with van der Waals surface area (Å²) in [5.74, 6) is 3.22. The molecule has 56 valence electrons. The minimum absolute atomic E-state index is 1.04. The van der Waals surface area contributed by atoms with Crippen molar-refractivity contribution in [1.29, 1.82) is 0 Å². The molecular formula is C11H12. The van der Waals surface area contributed by atoms with Crippen LogP contribution in [-0.4, -0.2) is 0 Å². The SMILES string of the molecule is C1=C2CCC3CCC4C1=C2C34. The summed E-state index contributed by atoms with van der Waals surface area (Å²) in [7, 11) is 0. The van der Waals surface area contributed by atoms with E-state index in [-0.39, 0.29) is 0 Å². The lowest BCUT2D eigenvalue weighted by Gasteiger charge is -2.50. The van der Waals surface area contributed by atoms with Crippen LogP contribution in [0.3, 0.4) is 0 Å². The molecule has 2 saturated carbocycles. The third-order valence-corrected chi connectivity index (χ3v) is 4.29. The van der Waals surface area contributed by atoms with Gasteiger partial charge in [-0.1, -0.05) is 6.08 Å². The smallest absolute Gasteiger partial charge is 0.00590 e. The molecule has 0 aromatic heterocycles. The fourth-order valence-electron chi connectivity index (χ4n) is 3.81. The van der Waals surface area contributed by atoms with E-state index in [2.05, 4.69) is 6.08 Å². The molecule has 0 aliphatic heterocycles. The maximum absolute atomic E-state index is 2.48. The summed E-state index contributed by atoms with van der Waals surface area (Å²) in [6.45, 7) is 0. The monoisotopic (exact) mass is 144 g/mol. The lowest BCUT2D eigenvalue weighted by atomic mass is 9.54. The van der Waals surface area contributed by atoms with Crippen LogP contribution in [0.2, 0.25) is 0 Å². The zero-order valence-electron chi connectivity index (χ0n) is 6.64. The maximum Gasteiger partial charge on any atom is -0.00590 e. The molecule has 0 N–H and O–H groups in total. The standard InChI is InChI=1S/C11H12/c1-2-7-5-9-8-4-3-6(1)10(8)11(7)9/h5-6,8,10H,1-4H2. The van der Waals surface area contributed by atoms with Crippen LogP contribution in [-0.2, 0) is 0 Å². The Morgan fingerprint density at radius 2 is 2.18 bits per heavy atom. The van der Waals surface area contributed by atoms with Gasteiger partial charge in [-0.05, 0) is 60.2 Å². The van der Waals surface area contributed by atoms with Gasteiger partial charge < -0.3 is 0 Å². The first-order valence-corrected chi connectivity index (χ1v) is 4.90. The fraction of sp³-hybridized carbons (Fsp3) is 0.636. The van der Waals surface area contributed by atoms with E-state index < -0.39 is 0 Å². The average molecular weight is 144 g/mol. The molecule has 0 aromatic carbocycles. The van der Waals surface area contributed by atoms with Crippen LogP contribution in [0, 0.1) is 17.8 Å². The van der Waals surface area contributed by atoms with E-state index in [4.69, 9.17) is 0 Å². The van der Waals surface area contributed by atoms with Gasteiger partial charge in [0.15, 0.2) is 0 Å². The number of rotatable bonds is 0. The van der Waals surface area contributed by atoms with Crippen LogP contribution in [0.15, 0.2) is 22.8 Å². The van der Waals surface area contributed by atoms with Gasteiger partial charge in [-0.15, -0.1) is 0 Å². The largest absolute Gasteiger partial charge is 0.0549 e. The molecule has 0 bridgehead atoms. The predicted octanol–water partition coefficient (Wildman–Crippen LogP) is 2.67. The minimum Gasteiger partial charge on any atom is -0.0549 e. The van der Waals surface area contributed by atoms with Gasteiger partial charge in [0.2, 0.25) is 0 Å². The van der Waals surface area contributed by atoms with Crippen molar-refractivity contribution in [2.75, 3.05) is 0 Å². The van der Waals surface area contributed by atoms with E-state index in [9.17, 15) is 0 Å². The van der Waals surface area contributed by atoms with Gasteiger partial charge in [-0.3, -0.25) is 0 Å². The first-order chi connectivity index (χ1) is 5.45. The third kappa shape index (κ3) is 0.378. The summed E-state index contributed by atoms with van der Waals surface area (Å²) >= 11 is 0. The molecule has 4 rings (SSSR count). The molecule has 3 unspecified atom stereocenters. The Morgan fingerprint density at radius 3 is 3.18 bits per heavy atom. The Bertz CT molecular complexity index is 306. The first kappa shape index (κ1) is 5.18. The highest BCUT2D eigenvalue weighted by Crippen LogP contribution is 2.65. The Balaban J connectivity index is 1.91. The summed E-state index contributed by atoms with van der Waals surface area (Å²) in [5.41, 5.74) is 5.34. The molecule has 0 nitrogen and oxygen atoms in total. The molecule has 11 heavy (non-hydrogen) atoms. The predicted molar refractivity (Wildman–Crippen MR) is 44.0 cm³/mol. The van der Waals surface area contributed by atoms with Crippen molar-refractivity contribution < 1.29 is 0 Å². The Labute approximate surface area is 67.0 Å². The second kappa shape index (κ2) is 1.35. The second-order valence-electron chi connectivity index (χ2n) is 4.55. The lowest BCUT2D eigenvalue weighted by Crippen LogP contribution is -2.38. The number of fused-ring (bicyclic) bond motifs is 1. The molecule has 0 radical (unpaired) electrons. The highest BCUT2D eigenvalue weighted by molar-refractivity contribution is 5.64. The van der Waals surface area contributed by atoms with E-state index in [0.717, 1.165) is 17.8 Å². The quantitative estimate of drug-likeness (QED) is 0.490. The zero-order chi connectivity index (χ0) is 7.00. The van der Waals surface area contributed by atoms with E-state index in [1.54, 1.807) is 11.1 Å². The molecule has 0 heterocycles. The molecule has 0 aromatic rings. The average Bonchev–Trinajstić information content (AvgIpc) is 2.34. The van der Waals surface area contributed by atoms with E-state index in [0.29, 0.717) is 0 Å². The molecule has 4 aliphatic rings. The van der Waals surface area contributed by atoms with E-state index >= 15 is 0 Å². The Kier molecular flexibility index (Phi) is 0.636. The Morgan fingerprint density at radius 1 is 1.18 bits per heavy atom. The molecule has 0 heteroatoms. The first-order valence-electron chi connectivity index (χ1n) is 4.90. The summed E-state index contributed by atoms with van der Waals surface area (Å²) in [6, 6.07) is 0. The number of hydrogen-bond donors (Lipinski definition) is 0. The van der Waals surface area contributed by atoms with E-state index in [1.165, 1.54) is 25.7 Å². The number of allylic oxidation sites excluding steroid dienone is 4. The summed E-state index contributed by atoms with van der Waals surface area (Å²) in [6.07, 6.45) is 8.44. The fourth-order valence-corrected chi connectivity index (χ4v) is 3.81. The van der Waals surface area contributed by atoms with Crippen LogP contribution in [0.1, 0.15) is 25.7 Å². The summed E-state index contributed by atoms with van der Waals surface area (Å²) in [4.78, 5) is 0. The highest BCUT2D eigenvalue weighted by atomic mass is 14.6. The van der Waals surface area contributed by atoms with Gasteiger partial charge in [0, 0.05) is 0 Å². The number of hydrogen-bond acceptors (Lipinski definition) is 0. The summed E-state index contributed by atoms with van der Waals surface area (Å²) in [5, 5.41) is 0. The van der Waals surface area contributed by atoms with E-state index in [1.807, 2.05) is 5.57 Å². The van der Waals surface area contributed by atoms with Crippen LogP contribution >= 0.6 is 0 Å². The molecule has 4 aliphatic carbocycles. The summed E-state index contributed by atoms with van der Waals surface area (Å²) < 4.78 is 0. The van der Waals surface area contributed by atoms with Gasteiger partial charge in [0.1, 0.15) is 0 Å². The van der Waals surface area contributed by atoms with Gasteiger partial charge in [-0.2, -0.15) is 0 Å². The molecule has 0 amide bonds. The topological polar surface area (TPSA) is 0 Å². The maximum atomic E-state index is 2.48. The van der Waals surface area contributed by atoms with Crippen molar-refractivity contribution in [2.45, 2.75) is 25.7 Å². The van der Waals surface area contributed by atoms with Crippen molar-refractivity contribution in [3.63, 3.8) is 0 Å². The normalized spacial score (nSPS) is 49.5. The van der Waals surface area contributed by atoms with Crippen molar-refractivity contribution in [3.05, 3.63) is 22.8 Å². The lowest BCUT2D eigenvalue weighted by molar-refractivity contribution is 0.295. The zero-order valence-corrected chi connectivity index (χ0v) is 6.64. The van der Waals surface area contributed by atoms with Gasteiger partial charge in [0.05, 0.1) is 0 Å². The van der Waals surface area contributed by atoms with Crippen LogP contribution < -0.4 is 0 Å². The van der Waals surface area contributed by atoms with Crippen molar-refractivity contribution >= 4 is 0 Å². The molecule has 0 spiro atoms.